The zero-order valence-electron chi connectivity index (χ0n) is 15.2. The van der Waals surface area contributed by atoms with Crippen LogP contribution in [0.5, 0.6) is 0 Å². The van der Waals surface area contributed by atoms with Crippen molar-refractivity contribution in [1.82, 2.24) is 10.2 Å². The highest BCUT2D eigenvalue weighted by Crippen LogP contribution is 2.22. The van der Waals surface area contributed by atoms with Crippen molar-refractivity contribution >= 4 is 46.4 Å². The molecule has 3 rings (SSSR count). The molecule has 2 aromatic rings. The van der Waals surface area contributed by atoms with Crippen molar-refractivity contribution in [2.75, 3.05) is 11.9 Å². The molecule has 0 radical (unpaired) electrons. The second-order valence-corrected chi connectivity index (χ2v) is 7.45. The molecule has 1 heterocycles. The molecular formula is C20H21ClN4O2S. The van der Waals surface area contributed by atoms with Gasteiger partial charge < -0.3 is 21.3 Å². The number of thiocarbonyl (C=S) groups is 1. The number of carbonyl (C=O) groups is 2. The maximum absolute atomic E-state index is 13.0. The highest BCUT2D eigenvalue weighted by atomic mass is 35.5. The number of benzene rings is 2. The number of nitrogens with two attached hydrogens (primary N) is 1. The van der Waals surface area contributed by atoms with E-state index in [1.54, 1.807) is 41.3 Å². The smallest absolute Gasteiger partial charge is 0.254 e. The van der Waals surface area contributed by atoms with Crippen LogP contribution in [0.15, 0.2) is 48.5 Å². The third-order valence-electron chi connectivity index (χ3n) is 4.57. The lowest BCUT2D eigenvalue weighted by atomic mass is 10.1. The van der Waals surface area contributed by atoms with Gasteiger partial charge in [0.2, 0.25) is 5.91 Å². The van der Waals surface area contributed by atoms with Crippen LogP contribution in [0.2, 0.25) is 5.02 Å². The minimum Gasteiger partial charge on any atom is -0.376 e. The van der Waals surface area contributed by atoms with Crippen LogP contribution in [-0.4, -0.2) is 34.4 Å². The highest BCUT2D eigenvalue weighted by Gasteiger charge is 2.34. The minimum absolute atomic E-state index is 0.130. The first-order valence-corrected chi connectivity index (χ1v) is 9.72. The molecule has 1 fully saturated rings. The Bertz CT molecular complexity index is 888. The van der Waals surface area contributed by atoms with Gasteiger partial charge in [0.1, 0.15) is 6.04 Å². The van der Waals surface area contributed by atoms with Crippen LogP contribution < -0.4 is 16.4 Å². The van der Waals surface area contributed by atoms with Crippen LogP contribution in [-0.2, 0) is 11.3 Å². The Morgan fingerprint density at radius 2 is 1.96 bits per heavy atom. The van der Waals surface area contributed by atoms with Crippen LogP contribution in [0.4, 0.5) is 5.69 Å². The SMILES string of the molecule is NC(=S)Nc1cccc(C(=O)N2CCCC2C(=O)NCc2ccc(Cl)cc2)c1. The van der Waals surface area contributed by atoms with E-state index >= 15 is 0 Å². The van der Waals surface area contributed by atoms with E-state index in [1.807, 2.05) is 12.1 Å². The van der Waals surface area contributed by atoms with E-state index < -0.39 is 6.04 Å². The lowest BCUT2D eigenvalue weighted by Crippen LogP contribution is -2.45. The Balaban J connectivity index is 1.66. The average molecular weight is 417 g/mol. The number of hydrogen-bond donors (Lipinski definition) is 3. The average Bonchev–Trinajstić information content (AvgIpc) is 3.16. The largest absolute Gasteiger partial charge is 0.376 e. The van der Waals surface area contributed by atoms with E-state index in [2.05, 4.69) is 10.6 Å². The van der Waals surface area contributed by atoms with Gasteiger partial charge in [0.05, 0.1) is 0 Å². The molecule has 0 saturated carbocycles. The van der Waals surface area contributed by atoms with Gasteiger partial charge in [-0.2, -0.15) is 0 Å². The summed E-state index contributed by atoms with van der Waals surface area (Å²) in [6.45, 7) is 0.937. The van der Waals surface area contributed by atoms with E-state index in [0.29, 0.717) is 35.8 Å². The van der Waals surface area contributed by atoms with Crippen LogP contribution in [0.3, 0.4) is 0 Å². The van der Waals surface area contributed by atoms with E-state index in [4.69, 9.17) is 29.6 Å². The lowest BCUT2D eigenvalue weighted by Gasteiger charge is -2.24. The molecule has 1 aliphatic heterocycles. The topological polar surface area (TPSA) is 87.5 Å². The predicted octanol–water partition coefficient (Wildman–Crippen LogP) is 2.92. The number of hydrogen-bond acceptors (Lipinski definition) is 3. The molecule has 0 spiro atoms. The first-order chi connectivity index (χ1) is 13.4. The first-order valence-electron chi connectivity index (χ1n) is 8.93. The van der Waals surface area contributed by atoms with Gasteiger partial charge in [0.25, 0.3) is 5.91 Å². The molecule has 2 amide bonds. The van der Waals surface area contributed by atoms with E-state index in [-0.39, 0.29) is 16.9 Å². The number of amides is 2. The summed E-state index contributed by atoms with van der Waals surface area (Å²) in [7, 11) is 0. The normalized spacial score (nSPS) is 15.9. The van der Waals surface area contributed by atoms with E-state index in [1.165, 1.54) is 0 Å². The Morgan fingerprint density at radius 1 is 1.21 bits per heavy atom. The molecule has 0 aromatic heterocycles. The summed E-state index contributed by atoms with van der Waals surface area (Å²) in [5, 5.41) is 6.51. The number of halogens is 1. The quantitative estimate of drug-likeness (QED) is 0.652. The Hall–Kier alpha value is -2.64. The fourth-order valence-corrected chi connectivity index (χ4v) is 3.47. The molecule has 8 heteroatoms. The summed E-state index contributed by atoms with van der Waals surface area (Å²) in [5.41, 5.74) is 7.56. The molecule has 1 atom stereocenters. The van der Waals surface area contributed by atoms with Crippen LogP contribution >= 0.6 is 23.8 Å². The summed E-state index contributed by atoms with van der Waals surface area (Å²) in [5.74, 6) is -0.339. The van der Waals surface area contributed by atoms with Gasteiger partial charge >= 0.3 is 0 Å². The van der Waals surface area contributed by atoms with Gasteiger partial charge in [-0.15, -0.1) is 0 Å². The molecule has 1 unspecified atom stereocenters. The van der Waals surface area contributed by atoms with Crippen LogP contribution in [0.1, 0.15) is 28.8 Å². The van der Waals surface area contributed by atoms with Crippen molar-refractivity contribution in [3.8, 4) is 0 Å². The first kappa shape index (κ1) is 20.1. The molecule has 2 aromatic carbocycles. The number of carbonyl (C=O) groups excluding carboxylic acids is 2. The molecular weight excluding hydrogens is 396 g/mol. The second-order valence-electron chi connectivity index (χ2n) is 6.57. The number of rotatable bonds is 5. The third-order valence-corrected chi connectivity index (χ3v) is 4.93. The van der Waals surface area contributed by atoms with Gasteiger partial charge in [0, 0.05) is 29.4 Å². The zero-order chi connectivity index (χ0) is 20.1. The Kier molecular flexibility index (Phi) is 6.49. The molecule has 28 heavy (non-hydrogen) atoms. The van der Waals surface area contributed by atoms with Crippen LogP contribution in [0, 0.1) is 0 Å². The second kappa shape index (κ2) is 9.03. The Labute approximate surface area is 174 Å². The maximum atomic E-state index is 13.0. The number of likely N-dealkylation sites (tertiary alicyclic amines) is 1. The number of anilines is 1. The standard InChI is InChI=1S/C20H21ClN4O2S/c21-15-8-6-13(7-9-15)12-23-18(26)17-5-2-10-25(17)19(27)14-3-1-4-16(11-14)24-20(22)28/h1,3-4,6-9,11,17H,2,5,10,12H2,(H,23,26)(H3,22,24,28). The summed E-state index contributed by atoms with van der Waals surface area (Å²) in [6.07, 6.45) is 1.43. The molecule has 0 aliphatic carbocycles. The summed E-state index contributed by atoms with van der Waals surface area (Å²) in [6, 6.07) is 13.7. The van der Waals surface area contributed by atoms with Crippen molar-refractivity contribution in [1.29, 1.82) is 0 Å². The fraction of sp³-hybridized carbons (Fsp3) is 0.250. The molecule has 0 bridgehead atoms. The molecule has 1 saturated heterocycles. The van der Waals surface area contributed by atoms with Crippen molar-refractivity contribution < 1.29 is 9.59 Å². The summed E-state index contributed by atoms with van der Waals surface area (Å²) >= 11 is 10.7. The lowest BCUT2D eigenvalue weighted by molar-refractivity contribution is -0.125. The zero-order valence-corrected chi connectivity index (χ0v) is 16.7. The van der Waals surface area contributed by atoms with Gasteiger partial charge in [0.15, 0.2) is 5.11 Å². The summed E-state index contributed by atoms with van der Waals surface area (Å²) < 4.78 is 0. The molecule has 1 aliphatic rings. The Morgan fingerprint density at radius 3 is 2.68 bits per heavy atom. The number of nitrogens with zero attached hydrogens (tertiary/aromatic N) is 1. The van der Waals surface area contributed by atoms with E-state index in [0.717, 1.165) is 12.0 Å². The maximum Gasteiger partial charge on any atom is 0.254 e. The van der Waals surface area contributed by atoms with Crippen molar-refractivity contribution in [2.24, 2.45) is 5.73 Å². The van der Waals surface area contributed by atoms with Gasteiger partial charge in [-0.1, -0.05) is 29.8 Å². The van der Waals surface area contributed by atoms with Crippen molar-refractivity contribution in [3.05, 3.63) is 64.7 Å². The summed E-state index contributed by atoms with van der Waals surface area (Å²) in [4.78, 5) is 27.2. The van der Waals surface area contributed by atoms with E-state index in [9.17, 15) is 9.59 Å². The van der Waals surface area contributed by atoms with Crippen molar-refractivity contribution in [2.45, 2.75) is 25.4 Å². The molecule has 4 N–H and O–H groups in total. The molecule has 146 valence electrons. The predicted molar refractivity (Wildman–Crippen MR) is 114 cm³/mol. The highest BCUT2D eigenvalue weighted by molar-refractivity contribution is 7.80. The molecule has 6 nitrogen and oxygen atoms in total. The van der Waals surface area contributed by atoms with Gasteiger partial charge in [-0.25, -0.2) is 0 Å². The fourth-order valence-electron chi connectivity index (χ4n) is 3.23. The van der Waals surface area contributed by atoms with Crippen LogP contribution in [0.25, 0.3) is 0 Å². The third kappa shape index (κ3) is 4.99. The minimum atomic E-state index is -0.480. The van der Waals surface area contributed by atoms with Gasteiger partial charge in [-0.05, 0) is 61.0 Å². The van der Waals surface area contributed by atoms with Crippen molar-refractivity contribution in [3.63, 3.8) is 0 Å². The number of nitrogens with one attached hydrogen (secondary N) is 2. The monoisotopic (exact) mass is 416 g/mol. The van der Waals surface area contributed by atoms with Gasteiger partial charge in [-0.3, -0.25) is 9.59 Å².